The summed E-state index contributed by atoms with van der Waals surface area (Å²) in [5, 5.41) is 3.15. The Balaban J connectivity index is 1.34. The first-order valence-electron chi connectivity index (χ1n) is 11.1. The van der Waals surface area contributed by atoms with Crippen molar-refractivity contribution in [3.63, 3.8) is 0 Å². The smallest absolute Gasteiger partial charge is 0.227 e. The number of methoxy groups -OCH3 is 1. The van der Waals surface area contributed by atoms with Crippen LogP contribution in [0.1, 0.15) is 36.0 Å². The van der Waals surface area contributed by atoms with Gasteiger partial charge >= 0.3 is 0 Å². The molecular weight excluding hydrogens is 426 g/mol. The van der Waals surface area contributed by atoms with Crippen LogP contribution in [0.4, 0.5) is 20.4 Å². The van der Waals surface area contributed by atoms with E-state index in [2.05, 4.69) is 32.3 Å². The molecule has 0 unspecified atom stereocenters. The molecule has 0 atom stereocenters. The number of halogens is 2. The quantitative estimate of drug-likeness (QED) is 0.493. The standard InChI is InChI=1S/C25H28F2N4O2/c1-17-12-22(32-2)24(27)21(23(17)26)16-33-20-13-28-25(29-14-20)30-19-8-6-18(7-9-19)15-31-10-4-3-5-11-31/h6-9,12-14H,3-5,10-11,15-16H2,1-2H3,(H,28,29,30). The van der Waals surface area contributed by atoms with Crippen LogP contribution in [0.2, 0.25) is 0 Å². The minimum absolute atomic E-state index is 0.0229. The fourth-order valence-corrected chi connectivity index (χ4v) is 3.89. The molecule has 6 nitrogen and oxygen atoms in total. The molecule has 2 heterocycles. The fraction of sp³-hybridized carbons (Fsp3) is 0.360. The molecule has 1 N–H and O–H groups in total. The van der Waals surface area contributed by atoms with Crippen molar-refractivity contribution in [3.8, 4) is 11.5 Å². The fourth-order valence-electron chi connectivity index (χ4n) is 3.89. The summed E-state index contributed by atoms with van der Waals surface area (Å²) < 4.78 is 39.2. The van der Waals surface area contributed by atoms with Gasteiger partial charge in [-0.2, -0.15) is 0 Å². The number of anilines is 2. The van der Waals surface area contributed by atoms with Crippen molar-refractivity contribution in [3.05, 3.63) is 71.1 Å². The lowest BCUT2D eigenvalue weighted by molar-refractivity contribution is 0.221. The van der Waals surface area contributed by atoms with E-state index in [1.807, 2.05) is 12.1 Å². The summed E-state index contributed by atoms with van der Waals surface area (Å²) in [6.45, 7) is 4.55. The van der Waals surface area contributed by atoms with Crippen LogP contribution in [-0.4, -0.2) is 35.1 Å². The maximum atomic E-state index is 14.4. The number of nitrogens with zero attached hydrogens (tertiary/aromatic N) is 3. The Hall–Kier alpha value is -3.26. The summed E-state index contributed by atoms with van der Waals surface area (Å²) in [6.07, 6.45) is 6.81. The Morgan fingerprint density at radius 1 is 1.00 bits per heavy atom. The van der Waals surface area contributed by atoms with Crippen molar-refractivity contribution >= 4 is 11.6 Å². The van der Waals surface area contributed by atoms with E-state index in [0.29, 0.717) is 11.7 Å². The van der Waals surface area contributed by atoms with Crippen LogP contribution in [0.25, 0.3) is 0 Å². The van der Waals surface area contributed by atoms with E-state index in [-0.39, 0.29) is 23.5 Å². The normalized spacial score (nSPS) is 14.2. The summed E-state index contributed by atoms with van der Waals surface area (Å²) in [5.74, 6) is -0.748. The van der Waals surface area contributed by atoms with Crippen molar-refractivity contribution in [1.82, 2.24) is 14.9 Å². The lowest BCUT2D eigenvalue weighted by Crippen LogP contribution is -2.29. The Morgan fingerprint density at radius 2 is 1.70 bits per heavy atom. The minimum Gasteiger partial charge on any atom is -0.494 e. The van der Waals surface area contributed by atoms with E-state index in [0.717, 1.165) is 12.2 Å². The van der Waals surface area contributed by atoms with Gasteiger partial charge in [0.05, 0.1) is 25.1 Å². The van der Waals surface area contributed by atoms with Crippen LogP contribution >= 0.6 is 0 Å². The number of hydrogen-bond donors (Lipinski definition) is 1. The Bertz CT molecular complexity index is 1070. The number of nitrogens with one attached hydrogen (secondary N) is 1. The molecule has 0 radical (unpaired) electrons. The molecule has 1 aliphatic heterocycles. The first-order chi connectivity index (χ1) is 16.0. The summed E-state index contributed by atoms with van der Waals surface area (Å²) in [7, 11) is 1.34. The van der Waals surface area contributed by atoms with Gasteiger partial charge in [-0.25, -0.2) is 18.7 Å². The molecule has 8 heteroatoms. The first-order valence-corrected chi connectivity index (χ1v) is 11.1. The molecule has 4 rings (SSSR count). The summed E-state index contributed by atoms with van der Waals surface area (Å²) in [4.78, 5) is 10.9. The van der Waals surface area contributed by atoms with E-state index < -0.39 is 11.6 Å². The highest BCUT2D eigenvalue weighted by Gasteiger charge is 2.18. The minimum atomic E-state index is -0.775. The lowest BCUT2D eigenvalue weighted by atomic mass is 10.1. The number of ether oxygens (including phenoxy) is 2. The zero-order chi connectivity index (χ0) is 23.2. The molecule has 1 aliphatic rings. The predicted molar refractivity (Wildman–Crippen MR) is 123 cm³/mol. The Labute approximate surface area is 192 Å². The van der Waals surface area contributed by atoms with Crippen LogP contribution < -0.4 is 14.8 Å². The van der Waals surface area contributed by atoms with Crippen LogP contribution in [0.3, 0.4) is 0 Å². The maximum Gasteiger partial charge on any atom is 0.227 e. The van der Waals surface area contributed by atoms with Crippen molar-refractivity contribution in [2.45, 2.75) is 39.3 Å². The summed E-state index contributed by atoms with van der Waals surface area (Å²) in [5.41, 5.74) is 2.24. The molecule has 174 valence electrons. The van der Waals surface area contributed by atoms with Gasteiger partial charge in [0, 0.05) is 12.2 Å². The molecule has 33 heavy (non-hydrogen) atoms. The van der Waals surface area contributed by atoms with Gasteiger partial charge in [-0.3, -0.25) is 4.90 Å². The van der Waals surface area contributed by atoms with Gasteiger partial charge in [-0.1, -0.05) is 18.6 Å². The van der Waals surface area contributed by atoms with Gasteiger partial charge in [-0.05, 0) is 62.2 Å². The zero-order valence-corrected chi connectivity index (χ0v) is 18.9. The van der Waals surface area contributed by atoms with Crippen LogP contribution in [0, 0.1) is 18.6 Å². The molecule has 1 aromatic heterocycles. The van der Waals surface area contributed by atoms with Gasteiger partial charge in [0.15, 0.2) is 17.3 Å². The highest BCUT2D eigenvalue weighted by atomic mass is 19.1. The largest absolute Gasteiger partial charge is 0.494 e. The molecule has 1 fully saturated rings. The average molecular weight is 455 g/mol. The van der Waals surface area contributed by atoms with E-state index in [1.54, 1.807) is 6.92 Å². The second-order valence-electron chi connectivity index (χ2n) is 8.19. The lowest BCUT2D eigenvalue weighted by Gasteiger charge is -2.26. The number of hydrogen-bond acceptors (Lipinski definition) is 6. The number of rotatable bonds is 8. The molecule has 2 aromatic carbocycles. The van der Waals surface area contributed by atoms with Gasteiger partial charge in [0.2, 0.25) is 5.95 Å². The number of benzene rings is 2. The number of likely N-dealkylation sites (tertiary alicyclic amines) is 1. The van der Waals surface area contributed by atoms with Crippen molar-refractivity contribution < 1.29 is 18.3 Å². The van der Waals surface area contributed by atoms with E-state index in [1.165, 1.54) is 63.5 Å². The first kappa shape index (κ1) is 22.9. The molecule has 3 aromatic rings. The monoisotopic (exact) mass is 454 g/mol. The van der Waals surface area contributed by atoms with Gasteiger partial charge in [0.1, 0.15) is 12.4 Å². The third-order valence-electron chi connectivity index (χ3n) is 5.74. The predicted octanol–water partition coefficient (Wildman–Crippen LogP) is 5.38. The van der Waals surface area contributed by atoms with Crippen LogP contribution in [0.15, 0.2) is 42.7 Å². The highest BCUT2D eigenvalue weighted by molar-refractivity contribution is 5.53. The van der Waals surface area contributed by atoms with Crippen LogP contribution in [-0.2, 0) is 13.2 Å². The summed E-state index contributed by atoms with van der Waals surface area (Å²) in [6, 6.07) is 9.53. The molecular formula is C25H28F2N4O2. The maximum absolute atomic E-state index is 14.4. The third kappa shape index (κ3) is 5.76. The molecule has 0 spiro atoms. The Morgan fingerprint density at radius 3 is 2.36 bits per heavy atom. The second kappa shape index (κ2) is 10.6. The van der Waals surface area contributed by atoms with Crippen molar-refractivity contribution in [1.29, 1.82) is 0 Å². The van der Waals surface area contributed by atoms with Crippen molar-refractivity contribution in [2.75, 3.05) is 25.5 Å². The van der Waals surface area contributed by atoms with Gasteiger partial charge in [0.25, 0.3) is 0 Å². The molecule has 0 aliphatic carbocycles. The third-order valence-corrected chi connectivity index (χ3v) is 5.74. The summed E-state index contributed by atoms with van der Waals surface area (Å²) >= 11 is 0. The second-order valence-corrected chi connectivity index (χ2v) is 8.19. The topological polar surface area (TPSA) is 59.5 Å². The number of aromatic nitrogens is 2. The van der Waals surface area contributed by atoms with Gasteiger partial charge in [-0.15, -0.1) is 0 Å². The number of aryl methyl sites for hydroxylation is 1. The SMILES string of the molecule is COc1cc(C)c(F)c(COc2cnc(Nc3ccc(CN4CCCCC4)cc3)nc2)c1F. The van der Waals surface area contributed by atoms with E-state index >= 15 is 0 Å². The van der Waals surface area contributed by atoms with E-state index in [4.69, 9.17) is 9.47 Å². The molecule has 0 amide bonds. The molecule has 0 bridgehead atoms. The van der Waals surface area contributed by atoms with Crippen molar-refractivity contribution in [2.24, 2.45) is 0 Å². The number of piperidine rings is 1. The molecule has 0 saturated carbocycles. The zero-order valence-electron chi connectivity index (χ0n) is 18.9. The van der Waals surface area contributed by atoms with Gasteiger partial charge < -0.3 is 14.8 Å². The van der Waals surface area contributed by atoms with Crippen LogP contribution in [0.5, 0.6) is 11.5 Å². The van der Waals surface area contributed by atoms with E-state index in [9.17, 15) is 8.78 Å². The average Bonchev–Trinajstić information content (AvgIpc) is 2.84. The Kier molecular flexibility index (Phi) is 7.34. The molecule has 1 saturated heterocycles. The highest BCUT2D eigenvalue weighted by Crippen LogP contribution is 2.27.